The fraction of sp³-hybridized carbons (Fsp3) is 0.133. The van der Waals surface area contributed by atoms with Crippen molar-refractivity contribution in [2.75, 3.05) is 6.26 Å². The third kappa shape index (κ3) is 3.24. The first-order valence-corrected chi connectivity index (χ1v) is 7.86. The first-order valence-electron chi connectivity index (χ1n) is 5.97. The van der Waals surface area contributed by atoms with Crippen LogP contribution >= 0.6 is 0 Å². The summed E-state index contributed by atoms with van der Waals surface area (Å²) in [5.41, 5.74) is 1.96. The zero-order valence-electron chi connectivity index (χ0n) is 11.3. The number of aromatic nitrogens is 1. The van der Waals surface area contributed by atoms with Gasteiger partial charge in [0.05, 0.1) is 4.90 Å². The van der Waals surface area contributed by atoms with Crippen molar-refractivity contribution in [3.05, 3.63) is 54.2 Å². The maximum Gasteiger partial charge on any atom is 0.219 e. The van der Waals surface area contributed by atoms with Crippen molar-refractivity contribution in [3.63, 3.8) is 0 Å². The molecule has 0 aliphatic carbocycles. The van der Waals surface area contributed by atoms with Crippen LogP contribution in [0.2, 0.25) is 0 Å². The van der Waals surface area contributed by atoms with Crippen LogP contribution < -0.4 is 4.74 Å². The molecule has 0 spiro atoms. The molecule has 0 aliphatic rings. The van der Waals surface area contributed by atoms with Crippen molar-refractivity contribution in [2.45, 2.75) is 11.8 Å². The maximum atomic E-state index is 11.4. The first-order chi connectivity index (χ1) is 9.40. The second-order valence-corrected chi connectivity index (χ2v) is 6.44. The fourth-order valence-electron chi connectivity index (χ4n) is 1.67. The van der Waals surface area contributed by atoms with Crippen molar-refractivity contribution in [2.24, 2.45) is 0 Å². The molecule has 5 heteroatoms. The number of hydrogen-bond acceptors (Lipinski definition) is 4. The molecule has 2 rings (SSSR count). The quantitative estimate of drug-likeness (QED) is 0.867. The van der Waals surface area contributed by atoms with E-state index in [9.17, 15) is 8.42 Å². The van der Waals surface area contributed by atoms with E-state index in [-0.39, 0.29) is 4.90 Å². The smallest absolute Gasteiger partial charge is 0.219 e. The lowest BCUT2D eigenvalue weighted by atomic mass is 10.1. The van der Waals surface area contributed by atoms with Gasteiger partial charge < -0.3 is 4.74 Å². The number of nitrogens with zero attached hydrogens (tertiary/aromatic N) is 1. The summed E-state index contributed by atoms with van der Waals surface area (Å²) >= 11 is 0. The summed E-state index contributed by atoms with van der Waals surface area (Å²) < 4.78 is 28.3. The van der Waals surface area contributed by atoms with Gasteiger partial charge in [-0.25, -0.2) is 13.4 Å². The van der Waals surface area contributed by atoms with E-state index in [0.717, 1.165) is 11.1 Å². The van der Waals surface area contributed by atoms with Crippen molar-refractivity contribution < 1.29 is 13.2 Å². The highest BCUT2D eigenvalue weighted by atomic mass is 32.2. The minimum atomic E-state index is -3.19. The van der Waals surface area contributed by atoms with Gasteiger partial charge in [0, 0.05) is 18.5 Å². The molecule has 1 aromatic carbocycles. The molecule has 0 amide bonds. The highest BCUT2D eigenvalue weighted by molar-refractivity contribution is 7.90. The van der Waals surface area contributed by atoms with Crippen molar-refractivity contribution >= 4 is 15.9 Å². The molecule has 0 unspecified atom stereocenters. The summed E-state index contributed by atoms with van der Waals surface area (Å²) in [6, 6.07) is 8.00. The lowest BCUT2D eigenvalue weighted by Crippen LogP contribution is -1.96. The van der Waals surface area contributed by atoms with E-state index in [1.54, 1.807) is 30.5 Å². The molecule has 1 heterocycles. The van der Waals surface area contributed by atoms with E-state index in [4.69, 9.17) is 4.74 Å². The van der Waals surface area contributed by atoms with Gasteiger partial charge in [-0.3, -0.25) is 0 Å². The predicted molar refractivity (Wildman–Crippen MR) is 78.7 cm³/mol. The Morgan fingerprint density at radius 1 is 1.25 bits per heavy atom. The minimum absolute atomic E-state index is 0.258. The van der Waals surface area contributed by atoms with Gasteiger partial charge in [0.15, 0.2) is 9.84 Å². The van der Waals surface area contributed by atoms with Crippen molar-refractivity contribution in [1.29, 1.82) is 0 Å². The van der Waals surface area contributed by atoms with Gasteiger partial charge in [-0.2, -0.15) is 0 Å². The van der Waals surface area contributed by atoms with Gasteiger partial charge in [-0.05, 0) is 42.3 Å². The van der Waals surface area contributed by atoms with Crippen LogP contribution in [-0.2, 0) is 9.84 Å². The number of pyridine rings is 1. The Morgan fingerprint density at radius 3 is 2.45 bits per heavy atom. The summed E-state index contributed by atoms with van der Waals surface area (Å²) in [4.78, 5) is 4.42. The normalized spacial score (nSPS) is 11.1. The lowest BCUT2D eigenvalue weighted by Gasteiger charge is -2.07. The molecule has 0 saturated heterocycles. The number of sulfone groups is 1. The van der Waals surface area contributed by atoms with Crippen LogP contribution in [0, 0.1) is 6.92 Å². The molecule has 0 bridgehead atoms. The first kappa shape index (κ1) is 14.3. The monoisotopic (exact) mass is 289 g/mol. The van der Waals surface area contributed by atoms with Crippen LogP contribution in [0.3, 0.4) is 0 Å². The molecule has 104 valence electrons. The summed E-state index contributed by atoms with van der Waals surface area (Å²) in [5.74, 6) is 0.973. The van der Waals surface area contributed by atoms with Crippen LogP contribution in [0.1, 0.15) is 11.1 Å². The SMILES string of the molecule is C=Cc1cc(Oc2ccc(S(C)(=O)=O)cc2)ncc1C. The fourth-order valence-corrected chi connectivity index (χ4v) is 2.30. The van der Waals surface area contributed by atoms with Gasteiger partial charge in [-0.1, -0.05) is 12.7 Å². The van der Waals surface area contributed by atoms with Crippen molar-refractivity contribution in [3.8, 4) is 11.6 Å². The summed E-state index contributed by atoms with van der Waals surface area (Å²) in [6.07, 6.45) is 4.61. The second kappa shape index (κ2) is 5.46. The largest absolute Gasteiger partial charge is 0.439 e. The number of aryl methyl sites for hydroxylation is 1. The zero-order chi connectivity index (χ0) is 14.8. The van der Waals surface area contributed by atoms with Crippen LogP contribution in [0.15, 0.2) is 48.0 Å². The van der Waals surface area contributed by atoms with Crippen molar-refractivity contribution in [1.82, 2.24) is 4.98 Å². The Bertz CT molecular complexity index is 734. The topological polar surface area (TPSA) is 56.3 Å². The third-order valence-electron chi connectivity index (χ3n) is 2.81. The average molecular weight is 289 g/mol. The molecule has 0 N–H and O–H groups in total. The van der Waals surface area contributed by atoms with Gasteiger partial charge >= 0.3 is 0 Å². The summed E-state index contributed by atoms with van der Waals surface area (Å²) in [5, 5.41) is 0. The van der Waals surface area contributed by atoms with Gasteiger partial charge in [0.1, 0.15) is 5.75 Å². The number of hydrogen-bond donors (Lipinski definition) is 0. The lowest BCUT2D eigenvalue weighted by molar-refractivity contribution is 0.462. The standard InChI is InChI=1S/C15H15NO3S/c1-4-12-9-15(16-10-11(12)2)19-13-5-7-14(8-6-13)20(3,17)18/h4-10H,1H2,2-3H3. The Balaban J connectivity index is 2.24. The molecule has 0 saturated carbocycles. The average Bonchev–Trinajstić information content (AvgIpc) is 2.40. The minimum Gasteiger partial charge on any atom is -0.439 e. The predicted octanol–water partition coefficient (Wildman–Crippen LogP) is 3.23. The molecule has 0 radical (unpaired) electrons. The van der Waals surface area contributed by atoms with E-state index < -0.39 is 9.84 Å². The van der Waals surface area contributed by atoms with Crippen LogP contribution in [0.25, 0.3) is 6.08 Å². The molecule has 0 atom stereocenters. The summed E-state index contributed by atoms with van der Waals surface area (Å²) in [7, 11) is -3.19. The zero-order valence-corrected chi connectivity index (χ0v) is 12.1. The Morgan fingerprint density at radius 2 is 1.90 bits per heavy atom. The molecule has 0 fully saturated rings. The van der Waals surface area contributed by atoms with E-state index in [2.05, 4.69) is 11.6 Å². The molecule has 4 nitrogen and oxygen atoms in total. The second-order valence-electron chi connectivity index (χ2n) is 4.43. The van der Waals surface area contributed by atoms with Gasteiger partial charge in [-0.15, -0.1) is 0 Å². The van der Waals surface area contributed by atoms with Gasteiger partial charge in [0.2, 0.25) is 5.88 Å². The maximum absolute atomic E-state index is 11.4. The highest BCUT2D eigenvalue weighted by Crippen LogP contribution is 2.23. The van der Waals surface area contributed by atoms with E-state index >= 15 is 0 Å². The highest BCUT2D eigenvalue weighted by Gasteiger charge is 2.07. The van der Waals surface area contributed by atoms with Crippen LogP contribution in [0.5, 0.6) is 11.6 Å². The van der Waals surface area contributed by atoms with Crippen LogP contribution in [-0.4, -0.2) is 19.7 Å². The molecule has 20 heavy (non-hydrogen) atoms. The number of ether oxygens (including phenoxy) is 1. The molecular weight excluding hydrogens is 274 g/mol. The van der Waals surface area contributed by atoms with E-state index in [1.807, 2.05) is 6.92 Å². The van der Waals surface area contributed by atoms with Crippen LogP contribution in [0.4, 0.5) is 0 Å². The van der Waals surface area contributed by atoms with E-state index in [0.29, 0.717) is 11.6 Å². The molecular formula is C15H15NO3S. The number of benzene rings is 1. The summed E-state index contributed by atoms with van der Waals surface area (Å²) in [6.45, 7) is 5.67. The molecule has 0 aliphatic heterocycles. The Labute approximate surface area is 118 Å². The molecule has 2 aromatic rings. The van der Waals surface area contributed by atoms with Gasteiger partial charge in [0.25, 0.3) is 0 Å². The number of rotatable bonds is 4. The Kier molecular flexibility index (Phi) is 3.90. The van der Waals surface area contributed by atoms with E-state index in [1.165, 1.54) is 18.4 Å². The third-order valence-corrected chi connectivity index (χ3v) is 3.94. The molecule has 1 aromatic heterocycles. The Hall–Kier alpha value is -2.14.